The van der Waals surface area contributed by atoms with E-state index in [9.17, 15) is 4.39 Å². The lowest BCUT2D eigenvalue weighted by atomic mass is 10.1. The molecule has 0 radical (unpaired) electrons. The quantitative estimate of drug-likeness (QED) is 0.888. The van der Waals surface area contributed by atoms with E-state index in [1.807, 2.05) is 27.8 Å². The highest BCUT2D eigenvalue weighted by atomic mass is 35.5. The van der Waals surface area contributed by atoms with Crippen LogP contribution < -0.4 is 5.32 Å². The molecule has 2 nitrogen and oxygen atoms in total. The van der Waals surface area contributed by atoms with Crippen LogP contribution in [-0.2, 0) is 11.2 Å². The highest BCUT2D eigenvalue weighted by molar-refractivity contribution is 6.30. The molecule has 4 heteroatoms. The third-order valence-corrected chi connectivity index (χ3v) is 2.88. The number of hydrogen-bond acceptors (Lipinski definition) is 2. The molecule has 1 unspecified atom stereocenters. The average Bonchev–Trinajstić information content (AvgIpc) is 2.28. The van der Waals surface area contributed by atoms with E-state index in [-0.39, 0.29) is 22.5 Å². The summed E-state index contributed by atoms with van der Waals surface area (Å²) in [6.45, 7) is 6.67. The van der Waals surface area contributed by atoms with Gasteiger partial charge in [-0.25, -0.2) is 4.39 Å². The molecule has 0 heterocycles. The normalized spacial score (nSPS) is 13.7. The fourth-order valence-corrected chi connectivity index (χ4v) is 1.75. The van der Waals surface area contributed by atoms with Crippen molar-refractivity contribution in [2.24, 2.45) is 0 Å². The van der Waals surface area contributed by atoms with Gasteiger partial charge in [0.2, 0.25) is 0 Å². The molecule has 0 aliphatic heterocycles. The Morgan fingerprint density at radius 2 is 2.06 bits per heavy atom. The molecule has 102 valence electrons. The molecule has 1 rings (SSSR count). The number of likely N-dealkylation sites (N-methyl/N-ethyl adjacent to an activating group) is 1. The number of benzene rings is 1. The summed E-state index contributed by atoms with van der Waals surface area (Å²) in [5, 5.41) is 3.36. The standard InChI is InChI=1S/C14H21ClFNO/c1-14(2,3)18-9-11(17-4)7-10-5-6-13(16)12(15)8-10/h5-6,8,11,17H,7,9H2,1-4H3. The number of rotatable bonds is 5. The molecular formula is C14H21ClFNO. The van der Waals surface area contributed by atoms with E-state index in [0.717, 1.165) is 12.0 Å². The van der Waals surface area contributed by atoms with Gasteiger partial charge in [0.25, 0.3) is 0 Å². The number of hydrogen-bond donors (Lipinski definition) is 1. The lowest BCUT2D eigenvalue weighted by Gasteiger charge is -2.24. The van der Waals surface area contributed by atoms with Crippen LogP contribution in [0.2, 0.25) is 5.02 Å². The van der Waals surface area contributed by atoms with Crippen molar-refractivity contribution >= 4 is 11.6 Å². The van der Waals surface area contributed by atoms with E-state index in [2.05, 4.69) is 5.32 Å². The smallest absolute Gasteiger partial charge is 0.141 e. The predicted octanol–water partition coefficient (Wildman–Crippen LogP) is 3.42. The Kier molecular flexibility index (Phi) is 5.57. The van der Waals surface area contributed by atoms with Crippen LogP contribution in [0, 0.1) is 5.82 Å². The molecule has 0 fully saturated rings. The summed E-state index contributed by atoms with van der Waals surface area (Å²) in [5.74, 6) is -0.382. The van der Waals surface area contributed by atoms with Gasteiger partial charge in [-0.1, -0.05) is 17.7 Å². The Labute approximate surface area is 113 Å². The minimum Gasteiger partial charge on any atom is -0.374 e. The van der Waals surface area contributed by atoms with E-state index < -0.39 is 0 Å². The summed E-state index contributed by atoms with van der Waals surface area (Å²) in [7, 11) is 1.89. The summed E-state index contributed by atoms with van der Waals surface area (Å²) >= 11 is 5.76. The molecule has 0 aliphatic rings. The van der Waals surface area contributed by atoms with Crippen molar-refractivity contribution in [2.45, 2.75) is 38.8 Å². The Bertz CT molecular complexity index is 390. The van der Waals surface area contributed by atoms with Crippen molar-refractivity contribution in [3.8, 4) is 0 Å². The van der Waals surface area contributed by atoms with Gasteiger partial charge in [0.05, 0.1) is 17.2 Å². The van der Waals surface area contributed by atoms with Gasteiger partial charge in [-0.05, 0) is 51.9 Å². The second-order valence-corrected chi connectivity index (χ2v) is 5.77. The van der Waals surface area contributed by atoms with Gasteiger partial charge in [0, 0.05) is 6.04 Å². The van der Waals surface area contributed by atoms with Crippen molar-refractivity contribution in [3.63, 3.8) is 0 Å². The maximum absolute atomic E-state index is 13.1. The number of nitrogens with one attached hydrogen (secondary N) is 1. The minimum atomic E-state index is -0.382. The van der Waals surface area contributed by atoms with E-state index in [0.29, 0.717) is 6.61 Å². The first kappa shape index (κ1) is 15.4. The molecule has 0 saturated carbocycles. The van der Waals surface area contributed by atoms with Gasteiger partial charge < -0.3 is 10.1 Å². The zero-order valence-corrected chi connectivity index (χ0v) is 12.1. The Balaban J connectivity index is 2.59. The molecular weight excluding hydrogens is 253 g/mol. The van der Waals surface area contributed by atoms with Crippen LogP contribution in [0.5, 0.6) is 0 Å². The van der Waals surface area contributed by atoms with Crippen molar-refractivity contribution in [2.75, 3.05) is 13.7 Å². The summed E-state index contributed by atoms with van der Waals surface area (Å²) in [6, 6.07) is 5.00. The summed E-state index contributed by atoms with van der Waals surface area (Å²) in [6.07, 6.45) is 0.757. The van der Waals surface area contributed by atoms with E-state index in [1.54, 1.807) is 12.1 Å². The summed E-state index contributed by atoms with van der Waals surface area (Å²) < 4.78 is 18.8. The summed E-state index contributed by atoms with van der Waals surface area (Å²) in [4.78, 5) is 0. The van der Waals surface area contributed by atoms with E-state index in [4.69, 9.17) is 16.3 Å². The fraction of sp³-hybridized carbons (Fsp3) is 0.571. The molecule has 0 aromatic heterocycles. The number of ether oxygens (including phenoxy) is 1. The lowest BCUT2D eigenvalue weighted by Crippen LogP contribution is -2.36. The highest BCUT2D eigenvalue weighted by Crippen LogP contribution is 2.17. The van der Waals surface area contributed by atoms with Crippen LogP contribution >= 0.6 is 11.6 Å². The molecule has 1 aromatic carbocycles. The monoisotopic (exact) mass is 273 g/mol. The first-order valence-electron chi connectivity index (χ1n) is 6.07. The average molecular weight is 274 g/mol. The molecule has 0 aliphatic carbocycles. The van der Waals surface area contributed by atoms with Crippen LogP contribution in [0.4, 0.5) is 4.39 Å². The van der Waals surface area contributed by atoms with Gasteiger partial charge in [-0.15, -0.1) is 0 Å². The largest absolute Gasteiger partial charge is 0.374 e. The Morgan fingerprint density at radius 1 is 1.39 bits per heavy atom. The SMILES string of the molecule is CNC(COC(C)(C)C)Cc1ccc(F)c(Cl)c1. The van der Waals surface area contributed by atoms with Gasteiger partial charge in [0.15, 0.2) is 0 Å². The molecule has 1 aromatic rings. The van der Waals surface area contributed by atoms with Crippen LogP contribution in [-0.4, -0.2) is 25.3 Å². The molecule has 0 bridgehead atoms. The van der Waals surface area contributed by atoms with Crippen LogP contribution in [0.3, 0.4) is 0 Å². The molecule has 1 atom stereocenters. The fourth-order valence-electron chi connectivity index (χ4n) is 1.55. The third kappa shape index (κ3) is 5.34. The van der Waals surface area contributed by atoms with Crippen molar-refractivity contribution in [1.29, 1.82) is 0 Å². The van der Waals surface area contributed by atoms with Gasteiger partial charge in [-0.3, -0.25) is 0 Å². The zero-order valence-electron chi connectivity index (χ0n) is 11.4. The zero-order chi connectivity index (χ0) is 13.8. The van der Waals surface area contributed by atoms with Crippen LogP contribution in [0.15, 0.2) is 18.2 Å². The minimum absolute atomic E-state index is 0.157. The molecule has 1 N–H and O–H groups in total. The predicted molar refractivity (Wildman–Crippen MR) is 73.7 cm³/mol. The lowest BCUT2D eigenvalue weighted by molar-refractivity contribution is -0.0134. The Hall–Kier alpha value is -0.640. The van der Waals surface area contributed by atoms with E-state index >= 15 is 0 Å². The first-order valence-corrected chi connectivity index (χ1v) is 6.45. The Morgan fingerprint density at radius 3 is 2.56 bits per heavy atom. The van der Waals surface area contributed by atoms with Crippen molar-refractivity contribution in [1.82, 2.24) is 5.32 Å². The van der Waals surface area contributed by atoms with Gasteiger partial charge >= 0.3 is 0 Å². The first-order chi connectivity index (χ1) is 8.31. The molecule has 0 saturated heterocycles. The van der Waals surface area contributed by atoms with E-state index in [1.165, 1.54) is 6.07 Å². The molecule has 0 amide bonds. The van der Waals surface area contributed by atoms with Crippen LogP contribution in [0.25, 0.3) is 0 Å². The molecule has 18 heavy (non-hydrogen) atoms. The maximum atomic E-state index is 13.1. The van der Waals surface area contributed by atoms with Crippen molar-refractivity contribution < 1.29 is 9.13 Å². The molecule has 0 spiro atoms. The summed E-state index contributed by atoms with van der Waals surface area (Å²) in [5.41, 5.74) is 0.841. The second kappa shape index (κ2) is 6.50. The third-order valence-electron chi connectivity index (χ3n) is 2.59. The second-order valence-electron chi connectivity index (χ2n) is 5.36. The van der Waals surface area contributed by atoms with Gasteiger partial charge in [0.1, 0.15) is 5.82 Å². The highest BCUT2D eigenvalue weighted by Gasteiger charge is 2.15. The van der Waals surface area contributed by atoms with Gasteiger partial charge in [-0.2, -0.15) is 0 Å². The topological polar surface area (TPSA) is 21.3 Å². The van der Waals surface area contributed by atoms with Crippen molar-refractivity contribution in [3.05, 3.63) is 34.6 Å². The number of halogens is 2. The maximum Gasteiger partial charge on any atom is 0.141 e. The van der Waals surface area contributed by atoms with Crippen LogP contribution in [0.1, 0.15) is 26.3 Å².